The van der Waals surface area contributed by atoms with Crippen molar-refractivity contribution >= 4 is 22.2 Å². The van der Waals surface area contributed by atoms with Crippen LogP contribution in [0.3, 0.4) is 0 Å². The first kappa shape index (κ1) is 9.26. The van der Waals surface area contributed by atoms with E-state index in [0.717, 1.165) is 11.1 Å². The number of aldehydes is 1. The van der Waals surface area contributed by atoms with Gasteiger partial charge < -0.3 is 5.11 Å². The van der Waals surface area contributed by atoms with Crippen LogP contribution in [0.25, 0.3) is 0 Å². The summed E-state index contributed by atoms with van der Waals surface area (Å²) in [5.41, 5.74) is 2.18. The summed E-state index contributed by atoms with van der Waals surface area (Å²) in [4.78, 5) is 10.6. The molecular formula is C9H9BrO2. The molecule has 0 unspecified atom stereocenters. The van der Waals surface area contributed by atoms with Gasteiger partial charge in [0.05, 0.1) is 10.0 Å². The largest absolute Gasteiger partial charge is 0.506 e. The van der Waals surface area contributed by atoms with Gasteiger partial charge in [0.25, 0.3) is 0 Å². The molecule has 0 saturated heterocycles. The van der Waals surface area contributed by atoms with E-state index in [1.54, 1.807) is 6.07 Å². The Morgan fingerprint density at radius 1 is 1.50 bits per heavy atom. The van der Waals surface area contributed by atoms with Crippen molar-refractivity contribution in [3.8, 4) is 5.75 Å². The average Bonchev–Trinajstić information content (AvgIpc) is 2.02. The number of hydrogen-bond acceptors (Lipinski definition) is 2. The molecule has 0 bridgehead atoms. The van der Waals surface area contributed by atoms with E-state index in [-0.39, 0.29) is 5.75 Å². The molecule has 2 nitrogen and oxygen atoms in total. The van der Waals surface area contributed by atoms with Gasteiger partial charge in [-0.05, 0) is 47.0 Å². The molecule has 0 amide bonds. The van der Waals surface area contributed by atoms with Gasteiger partial charge in [-0.3, -0.25) is 4.79 Å². The minimum atomic E-state index is 0.0214. The van der Waals surface area contributed by atoms with E-state index in [4.69, 9.17) is 0 Å². The van der Waals surface area contributed by atoms with Crippen molar-refractivity contribution in [2.45, 2.75) is 13.8 Å². The molecule has 0 fully saturated rings. The summed E-state index contributed by atoms with van der Waals surface area (Å²) < 4.78 is 0.563. The molecule has 3 heteroatoms. The molecule has 0 spiro atoms. The Kier molecular flexibility index (Phi) is 2.52. The molecule has 0 saturated carbocycles. The average molecular weight is 229 g/mol. The van der Waals surface area contributed by atoms with Crippen molar-refractivity contribution in [1.82, 2.24) is 0 Å². The van der Waals surface area contributed by atoms with Crippen LogP contribution in [0.1, 0.15) is 21.5 Å². The predicted molar refractivity (Wildman–Crippen MR) is 50.7 cm³/mol. The summed E-state index contributed by atoms with van der Waals surface area (Å²) in [6, 6.07) is 1.79. The Hall–Kier alpha value is -0.830. The monoisotopic (exact) mass is 228 g/mol. The highest BCUT2D eigenvalue weighted by Crippen LogP contribution is 2.31. The van der Waals surface area contributed by atoms with E-state index in [1.807, 2.05) is 13.8 Å². The molecule has 1 aromatic carbocycles. The molecule has 0 atom stereocenters. The summed E-state index contributed by atoms with van der Waals surface area (Å²) in [7, 11) is 0. The maximum atomic E-state index is 10.6. The van der Waals surface area contributed by atoms with Gasteiger partial charge in [0.1, 0.15) is 5.75 Å². The third kappa shape index (κ3) is 1.37. The topological polar surface area (TPSA) is 37.3 Å². The standard InChI is InChI=1S/C9H9BrO2/c1-5-3-8(10)9(12)7(4-11)6(5)2/h3-4,12H,1-2H3. The molecule has 1 N–H and O–H groups in total. The van der Waals surface area contributed by atoms with E-state index in [9.17, 15) is 9.90 Å². The third-order valence-corrected chi connectivity index (χ3v) is 2.54. The van der Waals surface area contributed by atoms with Crippen LogP contribution in [0.2, 0.25) is 0 Å². The zero-order valence-electron chi connectivity index (χ0n) is 6.89. The van der Waals surface area contributed by atoms with Crippen molar-refractivity contribution in [2.75, 3.05) is 0 Å². The van der Waals surface area contributed by atoms with Crippen LogP contribution in [0.4, 0.5) is 0 Å². The van der Waals surface area contributed by atoms with E-state index in [2.05, 4.69) is 15.9 Å². The third-order valence-electron chi connectivity index (χ3n) is 1.94. The van der Waals surface area contributed by atoms with Crippen molar-refractivity contribution < 1.29 is 9.90 Å². The number of rotatable bonds is 1. The fraction of sp³-hybridized carbons (Fsp3) is 0.222. The molecule has 0 aliphatic carbocycles. The molecule has 0 aliphatic rings. The molecule has 1 rings (SSSR count). The van der Waals surface area contributed by atoms with E-state index in [0.29, 0.717) is 16.3 Å². The van der Waals surface area contributed by atoms with Gasteiger partial charge in [0.2, 0.25) is 0 Å². The van der Waals surface area contributed by atoms with Crippen LogP contribution in [0.5, 0.6) is 5.75 Å². The van der Waals surface area contributed by atoms with Gasteiger partial charge in [-0.25, -0.2) is 0 Å². The summed E-state index contributed by atoms with van der Waals surface area (Å²) in [6.45, 7) is 3.71. The SMILES string of the molecule is Cc1cc(Br)c(O)c(C=O)c1C. The van der Waals surface area contributed by atoms with E-state index < -0.39 is 0 Å². The lowest BCUT2D eigenvalue weighted by Crippen LogP contribution is -1.91. The number of halogens is 1. The maximum Gasteiger partial charge on any atom is 0.154 e. The highest BCUT2D eigenvalue weighted by Gasteiger charge is 2.09. The Morgan fingerprint density at radius 3 is 2.58 bits per heavy atom. The van der Waals surface area contributed by atoms with Crippen molar-refractivity contribution in [3.63, 3.8) is 0 Å². The molecule has 0 radical (unpaired) electrons. The summed E-state index contributed by atoms with van der Waals surface area (Å²) in [6.07, 6.45) is 0.669. The van der Waals surface area contributed by atoms with Gasteiger partial charge in [0, 0.05) is 0 Å². The number of hydrogen-bond donors (Lipinski definition) is 1. The normalized spacial score (nSPS) is 9.92. The van der Waals surface area contributed by atoms with Crippen molar-refractivity contribution in [3.05, 3.63) is 27.2 Å². The van der Waals surface area contributed by atoms with Gasteiger partial charge in [-0.1, -0.05) is 0 Å². The number of aromatic hydroxyl groups is 1. The molecule has 12 heavy (non-hydrogen) atoms. The number of carbonyl (C=O) groups excluding carboxylic acids is 1. The Morgan fingerprint density at radius 2 is 2.08 bits per heavy atom. The van der Waals surface area contributed by atoms with Gasteiger partial charge in [-0.15, -0.1) is 0 Å². The number of carbonyl (C=O) groups is 1. The Balaban J connectivity index is 3.52. The van der Waals surface area contributed by atoms with Crippen LogP contribution in [-0.4, -0.2) is 11.4 Å². The van der Waals surface area contributed by atoms with Crippen LogP contribution >= 0.6 is 15.9 Å². The second-order valence-corrected chi connectivity index (χ2v) is 3.53. The zero-order valence-corrected chi connectivity index (χ0v) is 8.47. The smallest absolute Gasteiger partial charge is 0.154 e. The minimum absolute atomic E-state index is 0.0214. The number of phenolic OH excluding ortho intramolecular Hbond substituents is 1. The molecule has 64 valence electrons. The second-order valence-electron chi connectivity index (χ2n) is 2.68. The lowest BCUT2D eigenvalue weighted by molar-refractivity contribution is 0.112. The quantitative estimate of drug-likeness (QED) is 0.751. The first-order chi connectivity index (χ1) is 5.57. The predicted octanol–water partition coefficient (Wildman–Crippen LogP) is 2.58. The lowest BCUT2D eigenvalue weighted by Gasteiger charge is -2.07. The minimum Gasteiger partial charge on any atom is -0.506 e. The van der Waals surface area contributed by atoms with Gasteiger partial charge >= 0.3 is 0 Å². The number of benzene rings is 1. The number of phenols is 1. The summed E-state index contributed by atoms with van der Waals surface area (Å²) >= 11 is 3.16. The van der Waals surface area contributed by atoms with E-state index >= 15 is 0 Å². The molecule has 1 aromatic rings. The highest BCUT2D eigenvalue weighted by molar-refractivity contribution is 9.10. The zero-order chi connectivity index (χ0) is 9.30. The van der Waals surface area contributed by atoms with Crippen LogP contribution < -0.4 is 0 Å². The fourth-order valence-corrected chi connectivity index (χ4v) is 1.59. The number of aryl methyl sites for hydroxylation is 1. The van der Waals surface area contributed by atoms with Crippen molar-refractivity contribution in [1.29, 1.82) is 0 Å². The summed E-state index contributed by atoms with van der Waals surface area (Å²) in [5, 5.41) is 9.42. The Labute approximate surface area is 79.3 Å². The lowest BCUT2D eigenvalue weighted by atomic mass is 10.0. The first-order valence-electron chi connectivity index (χ1n) is 3.51. The van der Waals surface area contributed by atoms with Gasteiger partial charge in [-0.2, -0.15) is 0 Å². The molecule has 0 heterocycles. The summed E-state index contributed by atoms with van der Waals surface area (Å²) in [5.74, 6) is 0.0214. The van der Waals surface area contributed by atoms with Crippen LogP contribution in [-0.2, 0) is 0 Å². The molecular weight excluding hydrogens is 220 g/mol. The molecule has 0 aliphatic heterocycles. The van der Waals surface area contributed by atoms with E-state index in [1.165, 1.54) is 0 Å². The molecule has 0 aromatic heterocycles. The maximum absolute atomic E-state index is 10.6. The second kappa shape index (κ2) is 3.27. The first-order valence-corrected chi connectivity index (χ1v) is 4.31. The van der Waals surface area contributed by atoms with Crippen LogP contribution in [0.15, 0.2) is 10.5 Å². The highest BCUT2D eigenvalue weighted by atomic mass is 79.9. The van der Waals surface area contributed by atoms with Crippen LogP contribution in [0, 0.1) is 13.8 Å². The Bertz CT molecular complexity index is 306. The fourth-order valence-electron chi connectivity index (χ4n) is 1.03. The van der Waals surface area contributed by atoms with Crippen molar-refractivity contribution in [2.24, 2.45) is 0 Å². The van der Waals surface area contributed by atoms with Gasteiger partial charge in [0.15, 0.2) is 6.29 Å².